The number of fused-ring (bicyclic) bond motifs is 1. The van der Waals surface area contributed by atoms with Crippen LogP contribution in [0.2, 0.25) is 0 Å². The number of amides is 1. The molecule has 122 valence electrons. The first-order valence-electron chi connectivity index (χ1n) is 7.42. The Morgan fingerprint density at radius 2 is 1.75 bits per heavy atom. The van der Waals surface area contributed by atoms with Crippen molar-refractivity contribution in [3.63, 3.8) is 0 Å². The van der Waals surface area contributed by atoms with E-state index in [1.807, 2.05) is 48.5 Å². The zero-order valence-corrected chi connectivity index (χ0v) is 14.7. The third-order valence-electron chi connectivity index (χ3n) is 3.57. The van der Waals surface area contributed by atoms with Crippen LogP contribution < -0.4 is 14.8 Å². The van der Waals surface area contributed by atoms with Gasteiger partial charge in [0.2, 0.25) is 0 Å². The van der Waals surface area contributed by atoms with E-state index in [1.165, 1.54) is 0 Å². The minimum atomic E-state index is -0.250. The van der Waals surface area contributed by atoms with Crippen LogP contribution in [-0.4, -0.2) is 19.6 Å². The second-order valence-corrected chi connectivity index (χ2v) is 5.93. The van der Waals surface area contributed by atoms with Crippen LogP contribution in [0, 0.1) is 0 Å². The lowest BCUT2D eigenvalue weighted by molar-refractivity contribution is -0.118. The number of nitrogens with one attached hydrogen (secondary N) is 1. The number of carbonyl (C=O) groups is 1. The average molecular weight is 386 g/mol. The molecule has 4 nitrogen and oxygen atoms in total. The molecule has 0 heterocycles. The highest BCUT2D eigenvalue weighted by Gasteiger charge is 2.10. The number of rotatable bonds is 5. The number of hydrogen-bond donors (Lipinski definition) is 1. The summed E-state index contributed by atoms with van der Waals surface area (Å²) in [6.45, 7) is -0.0883. The summed E-state index contributed by atoms with van der Waals surface area (Å²) in [5.74, 6) is 0.987. The smallest absolute Gasteiger partial charge is 0.262 e. The molecule has 0 radical (unpaired) electrons. The Kier molecular flexibility index (Phi) is 5.01. The summed E-state index contributed by atoms with van der Waals surface area (Å²) in [6.07, 6.45) is 0. The van der Waals surface area contributed by atoms with Gasteiger partial charge in [-0.2, -0.15) is 0 Å². The van der Waals surface area contributed by atoms with Crippen molar-refractivity contribution in [1.29, 1.82) is 0 Å². The molecule has 0 aromatic heterocycles. The fourth-order valence-corrected chi connectivity index (χ4v) is 3.01. The molecule has 0 saturated heterocycles. The van der Waals surface area contributed by atoms with Gasteiger partial charge in [-0.1, -0.05) is 42.5 Å². The van der Waals surface area contributed by atoms with Gasteiger partial charge < -0.3 is 14.8 Å². The normalized spacial score (nSPS) is 10.4. The molecule has 0 saturated carbocycles. The summed E-state index contributed by atoms with van der Waals surface area (Å²) in [4.78, 5) is 12.1. The summed E-state index contributed by atoms with van der Waals surface area (Å²) >= 11 is 3.54. The summed E-state index contributed by atoms with van der Waals surface area (Å²) in [5.41, 5.74) is 0.617. The van der Waals surface area contributed by atoms with Crippen molar-refractivity contribution in [2.75, 3.05) is 19.0 Å². The predicted molar refractivity (Wildman–Crippen MR) is 98.8 cm³/mol. The molecule has 1 N–H and O–H groups in total. The van der Waals surface area contributed by atoms with E-state index >= 15 is 0 Å². The minimum absolute atomic E-state index is 0.0883. The van der Waals surface area contributed by atoms with Gasteiger partial charge in [0.25, 0.3) is 5.91 Å². The number of methoxy groups -OCH3 is 1. The maximum atomic E-state index is 12.1. The molecule has 0 fully saturated rings. The first-order valence-corrected chi connectivity index (χ1v) is 8.21. The molecule has 3 rings (SSSR count). The quantitative estimate of drug-likeness (QED) is 0.696. The zero-order valence-electron chi connectivity index (χ0n) is 13.1. The van der Waals surface area contributed by atoms with Gasteiger partial charge in [0.15, 0.2) is 6.61 Å². The lowest BCUT2D eigenvalue weighted by atomic mass is 10.1. The summed E-state index contributed by atoms with van der Waals surface area (Å²) < 4.78 is 11.7. The standard InChI is InChI=1S/C19H16BrNO3/c1-23-16-9-5-4-8-15(16)21-18(22)12-24-17-11-10-13-6-2-3-7-14(13)19(17)20/h2-11H,12H2,1H3,(H,21,22). The van der Waals surface area contributed by atoms with Gasteiger partial charge in [-0.05, 0) is 44.9 Å². The maximum Gasteiger partial charge on any atom is 0.262 e. The fraction of sp³-hybridized carbons (Fsp3) is 0.105. The molecule has 0 aliphatic rings. The topological polar surface area (TPSA) is 47.6 Å². The van der Waals surface area contributed by atoms with E-state index < -0.39 is 0 Å². The Labute approximate surface area is 148 Å². The Balaban J connectivity index is 1.69. The Bertz CT molecular complexity index is 879. The van der Waals surface area contributed by atoms with E-state index in [0.717, 1.165) is 15.2 Å². The zero-order chi connectivity index (χ0) is 16.9. The highest BCUT2D eigenvalue weighted by Crippen LogP contribution is 2.33. The third-order valence-corrected chi connectivity index (χ3v) is 4.39. The van der Waals surface area contributed by atoms with Crippen molar-refractivity contribution < 1.29 is 14.3 Å². The van der Waals surface area contributed by atoms with Crippen molar-refractivity contribution in [3.8, 4) is 11.5 Å². The van der Waals surface area contributed by atoms with Crippen LogP contribution in [0.25, 0.3) is 10.8 Å². The van der Waals surface area contributed by atoms with E-state index in [4.69, 9.17) is 9.47 Å². The number of ether oxygens (including phenoxy) is 2. The van der Waals surface area contributed by atoms with Crippen LogP contribution >= 0.6 is 15.9 Å². The Hall–Kier alpha value is -2.53. The summed E-state index contributed by atoms with van der Waals surface area (Å²) in [6, 6.07) is 19.0. The van der Waals surface area contributed by atoms with Gasteiger partial charge in [-0.15, -0.1) is 0 Å². The molecule has 0 bridgehead atoms. The van der Waals surface area contributed by atoms with Crippen molar-refractivity contribution in [2.24, 2.45) is 0 Å². The molecule has 0 atom stereocenters. The van der Waals surface area contributed by atoms with Gasteiger partial charge in [0.05, 0.1) is 17.3 Å². The molecule has 1 amide bonds. The molecular formula is C19H16BrNO3. The van der Waals surface area contributed by atoms with Crippen LogP contribution in [0.5, 0.6) is 11.5 Å². The molecule has 24 heavy (non-hydrogen) atoms. The highest BCUT2D eigenvalue weighted by molar-refractivity contribution is 9.10. The van der Waals surface area contributed by atoms with Crippen LogP contribution in [-0.2, 0) is 4.79 Å². The third kappa shape index (κ3) is 3.51. The minimum Gasteiger partial charge on any atom is -0.495 e. The molecule has 0 aliphatic heterocycles. The van der Waals surface area contributed by atoms with Crippen molar-refractivity contribution >= 4 is 38.3 Å². The lowest BCUT2D eigenvalue weighted by Gasteiger charge is -2.12. The number of para-hydroxylation sites is 2. The van der Waals surface area contributed by atoms with Gasteiger partial charge in [0.1, 0.15) is 11.5 Å². The Morgan fingerprint density at radius 1 is 1.00 bits per heavy atom. The molecule has 0 unspecified atom stereocenters. The first kappa shape index (κ1) is 16.3. The largest absolute Gasteiger partial charge is 0.495 e. The monoisotopic (exact) mass is 385 g/mol. The Morgan fingerprint density at radius 3 is 2.58 bits per heavy atom. The molecule has 0 spiro atoms. The fourth-order valence-electron chi connectivity index (χ4n) is 2.40. The first-order chi connectivity index (χ1) is 11.7. The van der Waals surface area contributed by atoms with Crippen LogP contribution in [0.4, 0.5) is 5.69 Å². The van der Waals surface area contributed by atoms with E-state index in [1.54, 1.807) is 19.2 Å². The maximum absolute atomic E-state index is 12.1. The SMILES string of the molecule is COc1ccccc1NC(=O)COc1ccc2ccccc2c1Br. The number of carbonyl (C=O) groups excluding carboxylic acids is 1. The van der Waals surface area contributed by atoms with Gasteiger partial charge in [-0.25, -0.2) is 0 Å². The van der Waals surface area contributed by atoms with Crippen molar-refractivity contribution in [1.82, 2.24) is 0 Å². The van der Waals surface area contributed by atoms with E-state index in [2.05, 4.69) is 21.2 Å². The molecule has 0 aliphatic carbocycles. The molecular weight excluding hydrogens is 370 g/mol. The molecule has 5 heteroatoms. The second kappa shape index (κ2) is 7.36. The van der Waals surface area contributed by atoms with Crippen LogP contribution in [0.15, 0.2) is 65.1 Å². The average Bonchev–Trinajstić information content (AvgIpc) is 2.62. The lowest BCUT2D eigenvalue weighted by Crippen LogP contribution is -2.20. The van der Waals surface area contributed by atoms with Crippen molar-refractivity contribution in [2.45, 2.75) is 0 Å². The van der Waals surface area contributed by atoms with Crippen molar-refractivity contribution in [3.05, 3.63) is 65.1 Å². The van der Waals surface area contributed by atoms with E-state index in [9.17, 15) is 4.79 Å². The van der Waals surface area contributed by atoms with Crippen LogP contribution in [0.3, 0.4) is 0 Å². The molecule has 3 aromatic carbocycles. The summed E-state index contributed by atoms with van der Waals surface area (Å²) in [5, 5.41) is 4.93. The number of hydrogen-bond acceptors (Lipinski definition) is 3. The highest BCUT2D eigenvalue weighted by atomic mass is 79.9. The van der Waals surface area contributed by atoms with Gasteiger partial charge in [0, 0.05) is 0 Å². The van der Waals surface area contributed by atoms with Gasteiger partial charge >= 0.3 is 0 Å². The number of benzene rings is 3. The van der Waals surface area contributed by atoms with Gasteiger partial charge in [-0.3, -0.25) is 4.79 Å². The summed E-state index contributed by atoms with van der Waals surface area (Å²) in [7, 11) is 1.56. The van der Waals surface area contributed by atoms with Crippen LogP contribution in [0.1, 0.15) is 0 Å². The second-order valence-electron chi connectivity index (χ2n) is 5.14. The molecule has 3 aromatic rings. The number of anilines is 1. The number of halogens is 1. The van der Waals surface area contributed by atoms with E-state index in [0.29, 0.717) is 17.2 Å². The predicted octanol–water partition coefficient (Wildman–Crippen LogP) is 4.63. The van der Waals surface area contributed by atoms with E-state index in [-0.39, 0.29) is 12.5 Å².